The largest absolute Gasteiger partial charge is 0.487 e. The van der Waals surface area contributed by atoms with Crippen molar-refractivity contribution in [3.8, 4) is 5.75 Å². The number of hydrogen-bond acceptors (Lipinski definition) is 4. The van der Waals surface area contributed by atoms with Crippen LogP contribution in [-0.4, -0.2) is 17.8 Å². The SMILES string of the molecule is Cc1ccc(N2C(=O)NC(=O)/C(=C\c3cc(Br)c(OCc4cccc(F)c4)c(I)c3)C2=O)cc1. The molecule has 4 amide bonds. The summed E-state index contributed by atoms with van der Waals surface area (Å²) in [6.07, 6.45) is 1.43. The average Bonchev–Trinajstić information content (AvgIpc) is 2.77. The minimum absolute atomic E-state index is 0.168. The number of anilines is 1. The van der Waals surface area contributed by atoms with Crippen LogP contribution in [0.4, 0.5) is 14.9 Å². The Balaban J connectivity index is 1.60. The number of barbiturate groups is 1. The Labute approximate surface area is 217 Å². The van der Waals surface area contributed by atoms with E-state index in [1.807, 2.05) is 6.92 Å². The highest BCUT2D eigenvalue weighted by Gasteiger charge is 2.36. The van der Waals surface area contributed by atoms with Crippen molar-refractivity contribution < 1.29 is 23.5 Å². The van der Waals surface area contributed by atoms with Crippen LogP contribution in [0, 0.1) is 16.3 Å². The summed E-state index contributed by atoms with van der Waals surface area (Å²) in [5.74, 6) is -1.28. The molecule has 172 valence electrons. The molecule has 0 saturated carbocycles. The number of ether oxygens (including phenoxy) is 1. The van der Waals surface area contributed by atoms with Crippen molar-refractivity contribution in [3.05, 3.63) is 96.8 Å². The lowest BCUT2D eigenvalue weighted by atomic mass is 10.1. The molecular formula is C25H17BrFIN2O4. The first kappa shape index (κ1) is 24.1. The highest BCUT2D eigenvalue weighted by molar-refractivity contribution is 14.1. The Kier molecular flexibility index (Phi) is 7.13. The Morgan fingerprint density at radius 3 is 2.50 bits per heavy atom. The van der Waals surface area contributed by atoms with Gasteiger partial charge in [-0.2, -0.15) is 0 Å². The van der Waals surface area contributed by atoms with E-state index >= 15 is 0 Å². The van der Waals surface area contributed by atoms with Crippen molar-refractivity contribution in [2.75, 3.05) is 4.90 Å². The fourth-order valence-electron chi connectivity index (χ4n) is 3.34. The molecule has 1 N–H and O–H groups in total. The first-order valence-corrected chi connectivity index (χ1v) is 11.9. The van der Waals surface area contributed by atoms with E-state index in [0.717, 1.165) is 10.5 Å². The van der Waals surface area contributed by atoms with Gasteiger partial charge < -0.3 is 4.74 Å². The van der Waals surface area contributed by atoms with E-state index in [0.29, 0.717) is 30.6 Å². The van der Waals surface area contributed by atoms with Crippen LogP contribution < -0.4 is 15.0 Å². The number of carbonyl (C=O) groups excluding carboxylic acids is 3. The molecule has 6 nitrogen and oxygen atoms in total. The molecule has 0 aromatic heterocycles. The summed E-state index contributed by atoms with van der Waals surface area (Å²) in [6, 6.07) is 15.6. The lowest BCUT2D eigenvalue weighted by Gasteiger charge is -2.26. The summed E-state index contributed by atoms with van der Waals surface area (Å²) >= 11 is 5.54. The van der Waals surface area contributed by atoms with Gasteiger partial charge in [0.05, 0.1) is 13.7 Å². The number of hydrogen-bond donors (Lipinski definition) is 1. The third-order valence-electron chi connectivity index (χ3n) is 5.00. The molecule has 1 heterocycles. The number of carbonyl (C=O) groups is 3. The Morgan fingerprint density at radius 1 is 1.09 bits per heavy atom. The predicted molar refractivity (Wildman–Crippen MR) is 138 cm³/mol. The second-order valence-corrected chi connectivity index (χ2v) is 9.54. The number of halogens is 3. The van der Waals surface area contributed by atoms with Gasteiger partial charge in [-0.25, -0.2) is 14.1 Å². The van der Waals surface area contributed by atoms with Gasteiger partial charge in [0.2, 0.25) is 0 Å². The first-order valence-electron chi connectivity index (χ1n) is 10.1. The van der Waals surface area contributed by atoms with Crippen molar-refractivity contribution in [2.24, 2.45) is 0 Å². The maximum Gasteiger partial charge on any atom is 0.335 e. The summed E-state index contributed by atoms with van der Waals surface area (Å²) in [5, 5.41) is 2.22. The molecule has 1 saturated heterocycles. The van der Waals surface area contributed by atoms with Crippen LogP contribution in [0.2, 0.25) is 0 Å². The Bertz CT molecular complexity index is 1320. The van der Waals surface area contributed by atoms with Gasteiger partial charge in [-0.05, 0) is 99.0 Å². The van der Waals surface area contributed by atoms with Crippen LogP contribution >= 0.6 is 38.5 Å². The van der Waals surface area contributed by atoms with Crippen LogP contribution in [0.1, 0.15) is 16.7 Å². The van der Waals surface area contributed by atoms with Crippen LogP contribution in [0.25, 0.3) is 6.08 Å². The maximum absolute atomic E-state index is 13.4. The van der Waals surface area contributed by atoms with Crippen molar-refractivity contribution in [3.63, 3.8) is 0 Å². The molecule has 0 spiro atoms. The molecule has 0 unspecified atom stereocenters. The molecule has 3 aromatic carbocycles. The average molecular weight is 635 g/mol. The molecule has 3 aromatic rings. The van der Waals surface area contributed by atoms with Crippen LogP contribution in [0.3, 0.4) is 0 Å². The van der Waals surface area contributed by atoms with E-state index in [2.05, 4.69) is 43.8 Å². The van der Waals surface area contributed by atoms with Gasteiger partial charge in [0.25, 0.3) is 11.8 Å². The Morgan fingerprint density at radius 2 is 1.82 bits per heavy atom. The second kappa shape index (κ2) is 10.1. The fraction of sp³-hybridized carbons (Fsp3) is 0.0800. The van der Waals surface area contributed by atoms with E-state index in [4.69, 9.17) is 4.74 Å². The number of benzene rings is 3. The molecule has 9 heteroatoms. The molecular weight excluding hydrogens is 618 g/mol. The molecule has 1 aliphatic heterocycles. The fourth-order valence-corrected chi connectivity index (χ4v) is 5.10. The monoisotopic (exact) mass is 634 g/mol. The molecule has 0 radical (unpaired) electrons. The number of urea groups is 1. The minimum Gasteiger partial charge on any atom is -0.487 e. The molecule has 0 atom stereocenters. The smallest absolute Gasteiger partial charge is 0.335 e. The summed E-state index contributed by atoms with van der Waals surface area (Å²) in [7, 11) is 0. The molecule has 0 aliphatic carbocycles. The third-order valence-corrected chi connectivity index (χ3v) is 6.39. The van der Waals surface area contributed by atoms with Gasteiger partial charge >= 0.3 is 6.03 Å². The van der Waals surface area contributed by atoms with Gasteiger partial charge in [0, 0.05) is 0 Å². The minimum atomic E-state index is -0.798. The quantitative estimate of drug-likeness (QED) is 0.220. The lowest BCUT2D eigenvalue weighted by Crippen LogP contribution is -2.54. The Hall–Kier alpha value is -3.05. The summed E-state index contributed by atoms with van der Waals surface area (Å²) in [6.45, 7) is 2.06. The van der Waals surface area contributed by atoms with Crippen molar-refractivity contribution in [1.29, 1.82) is 0 Å². The van der Waals surface area contributed by atoms with Gasteiger partial charge in [-0.1, -0.05) is 29.8 Å². The van der Waals surface area contributed by atoms with Crippen LogP contribution in [0.15, 0.2) is 70.7 Å². The molecule has 1 aliphatic rings. The van der Waals surface area contributed by atoms with Crippen molar-refractivity contribution in [1.82, 2.24) is 5.32 Å². The number of imide groups is 2. The van der Waals surface area contributed by atoms with E-state index in [1.54, 1.807) is 48.5 Å². The normalized spacial score (nSPS) is 15.0. The van der Waals surface area contributed by atoms with Crippen LogP contribution in [-0.2, 0) is 16.2 Å². The lowest BCUT2D eigenvalue weighted by molar-refractivity contribution is -0.122. The standard InChI is InChI=1S/C25H17BrFIN2O4/c1-14-5-7-18(8-6-14)30-24(32)19(23(31)29-25(30)33)10-16-11-20(26)22(21(28)12-16)34-13-15-3-2-4-17(27)9-15/h2-12H,13H2,1H3,(H,29,31,33)/b19-10+. The number of nitrogens with one attached hydrogen (secondary N) is 1. The molecule has 34 heavy (non-hydrogen) atoms. The van der Waals surface area contributed by atoms with Gasteiger partial charge in [0.15, 0.2) is 0 Å². The third kappa shape index (κ3) is 5.20. The number of nitrogens with zero attached hydrogens (tertiary/aromatic N) is 1. The number of aryl methyl sites for hydroxylation is 1. The second-order valence-electron chi connectivity index (χ2n) is 7.53. The zero-order valence-electron chi connectivity index (χ0n) is 17.8. The summed E-state index contributed by atoms with van der Waals surface area (Å²) < 4.78 is 20.6. The topological polar surface area (TPSA) is 75.7 Å². The van der Waals surface area contributed by atoms with E-state index < -0.39 is 17.8 Å². The summed E-state index contributed by atoms with van der Waals surface area (Å²) in [4.78, 5) is 38.8. The number of amides is 4. The van der Waals surface area contributed by atoms with E-state index in [9.17, 15) is 18.8 Å². The van der Waals surface area contributed by atoms with Gasteiger partial charge in [-0.3, -0.25) is 14.9 Å². The van der Waals surface area contributed by atoms with Crippen LogP contribution in [0.5, 0.6) is 5.75 Å². The van der Waals surface area contributed by atoms with E-state index in [-0.39, 0.29) is 18.0 Å². The van der Waals surface area contributed by atoms with Crippen molar-refractivity contribution >= 4 is 68.1 Å². The summed E-state index contributed by atoms with van der Waals surface area (Å²) in [5.41, 5.74) is 2.41. The van der Waals surface area contributed by atoms with Crippen molar-refractivity contribution in [2.45, 2.75) is 13.5 Å². The maximum atomic E-state index is 13.4. The highest BCUT2D eigenvalue weighted by atomic mass is 127. The number of rotatable bonds is 5. The zero-order chi connectivity index (χ0) is 24.4. The van der Waals surface area contributed by atoms with Gasteiger partial charge in [0.1, 0.15) is 23.7 Å². The van der Waals surface area contributed by atoms with Gasteiger partial charge in [-0.15, -0.1) is 0 Å². The zero-order valence-corrected chi connectivity index (χ0v) is 21.5. The highest BCUT2D eigenvalue weighted by Crippen LogP contribution is 2.34. The molecule has 0 bridgehead atoms. The predicted octanol–water partition coefficient (Wildman–Crippen LogP) is 5.75. The molecule has 1 fully saturated rings. The van der Waals surface area contributed by atoms with E-state index in [1.165, 1.54) is 18.2 Å². The first-order chi connectivity index (χ1) is 16.2. The molecule has 4 rings (SSSR count).